The van der Waals surface area contributed by atoms with Crippen molar-refractivity contribution in [1.82, 2.24) is 24.6 Å². The monoisotopic (exact) mass is 254 g/mol. The van der Waals surface area contributed by atoms with Crippen molar-refractivity contribution in [2.24, 2.45) is 0 Å². The highest BCUT2D eigenvalue weighted by Gasteiger charge is 2.05. The Hall–Kier alpha value is -2.50. The van der Waals surface area contributed by atoms with E-state index in [2.05, 4.69) is 20.1 Å². The van der Waals surface area contributed by atoms with Gasteiger partial charge < -0.3 is 4.90 Å². The first-order chi connectivity index (χ1) is 9.13. The van der Waals surface area contributed by atoms with Crippen LogP contribution in [0.5, 0.6) is 0 Å². The second-order valence-electron chi connectivity index (χ2n) is 4.55. The third-order valence-corrected chi connectivity index (χ3v) is 2.84. The molecule has 0 aromatic carbocycles. The van der Waals surface area contributed by atoms with Crippen LogP contribution in [0.1, 0.15) is 5.82 Å². The second-order valence-corrected chi connectivity index (χ2v) is 4.55. The van der Waals surface area contributed by atoms with E-state index in [1.807, 2.05) is 50.4 Å². The molecule has 0 radical (unpaired) electrons. The molecule has 0 fully saturated rings. The van der Waals surface area contributed by atoms with E-state index in [0.717, 1.165) is 16.9 Å². The maximum Gasteiger partial charge on any atom is 0.252 e. The molecular weight excluding hydrogens is 240 g/mol. The molecule has 0 aliphatic rings. The number of rotatable bonds is 2. The lowest BCUT2D eigenvalue weighted by atomic mass is 10.1. The number of nitrogens with zero attached hydrogens (tertiary/aromatic N) is 6. The number of pyridine rings is 1. The van der Waals surface area contributed by atoms with E-state index in [4.69, 9.17) is 0 Å². The normalized spacial score (nSPS) is 10.9. The molecule has 0 amide bonds. The van der Waals surface area contributed by atoms with Gasteiger partial charge in [-0.1, -0.05) is 0 Å². The molecule has 0 N–H and O–H groups in total. The Labute approximate surface area is 110 Å². The van der Waals surface area contributed by atoms with Crippen LogP contribution >= 0.6 is 0 Å². The van der Waals surface area contributed by atoms with Crippen LogP contribution in [0.25, 0.3) is 16.9 Å². The summed E-state index contributed by atoms with van der Waals surface area (Å²) in [5.74, 6) is 2.25. The Bertz CT molecular complexity index is 714. The second kappa shape index (κ2) is 4.31. The molecule has 6 nitrogen and oxygen atoms in total. The Kier molecular flexibility index (Phi) is 2.63. The fourth-order valence-electron chi connectivity index (χ4n) is 1.86. The van der Waals surface area contributed by atoms with Gasteiger partial charge in [-0.2, -0.15) is 10.1 Å². The lowest BCUT2D eigenvalue weighted by Gasteiger charge is -2.11. The molecule has 0 bridgehead atoms. The molecule has 0 unspecified atom stereocenters. The number of hydrogen-bond donors (Lipinski definition) is 0. The number of anilines is 1. The van der Waals surface area contributed by atoms with Gasteiger partial charge in [0, 0.05) is 43.8 Å². The summed E-state index contributed by atoms with van der Waals surface area (Å²) in [4.78, 5) is 14.8. The molecule has 0 saturated carbocycles. The van der Waals surface area contributed by atoms with Crippen LogP contribution in [0.4, 0.5) is 5.82 Å². The molecule has 19 heavy (non-hydrogen) atoms. The minimum Gasteiger partial charge on any atom is -0.363 e. The van der Waals surface area contributed by atoms with E-state index < -0.39 is 0 Å². The number of fused-ring (bicyclic) bond motifs is 1. The SMILES string of the molecule is Cc1nc2ncc(-c3ccc(N(C)C)nc3)cn2n1. The van der Waals surface area contributed by atoms with Gasteiger partial charge in [-0.15, -0.1) is 0 Å². The van der Waals surface area contributed by atoms with Gasteiger partial charge in [-0.05, 0) is 19.1 Å². The lowest BCUT2D eigenvalue weighted by Crippen LogP contribution is -2.10. The Morgan fingerprint density at radius 3 is 2.53 bits per heavy atom. The summed E-state index contributed by atoms with van der Waals surface area (Å²) >= 11 is 0. The first kappa shape index (κ1) is 11.6. The molecule has 3 aromatic rings. The fourth-order valence-corrected chi connectivity index (χ4v) is 1.86. The summed E-state index contributed by atoms with van der Waals surface area (Å²) < 4.78 is 1.69. The summed E-state index contributed by atoms with van der Waals surface area (Å²) in [6.45, 7) is 1.85. The van der Waals surface area contributed by atoms with E-state index in [1.54, 1.807) is 10.7 Å². The van der Waals surface area contributed by atoms with Gasteiger partial charge in [0.15, 0.2) is 0 Å². The zero-order chi connectivity index (χ0) is 13.4. The van der Waals surface area contributed by atoms with Gasteiger partial charge in [0.25, 0.3) is 5.78 Å². The highest BCUT2D eigenvalue weighted by Crippen LogP contribution is 2.19. The number of hydrogen-bond acceptors (Lipinski definition) is 5. The van der Waals surface area contributed by atoms with Crippen LogP contribution in [0.15, 0.2) is 30.7 Å². The smallest absolute Gasteiger partial charge is 0.252 e. The lowest BCUT2D eigenvalue weighted by molar-refractivity contribution is 0.917. The average Bonchev–Trinajstić information content (AvgIpc) is 2.77. The summed E-state index contributed by atoms with van der Waals surface area (Å²) in [6, 6.07) is 4.00. The van der Waals surface area contributed by atoms with E-state index in [-0.39, 0.29) is 0 Å². The van der Waals surface area contributed by atoms with Gasteiger partial charge in [-0.3, -0.25) is 0 Å². The maximum atomic E-state index is 4.39. The largest absolute Gasteiger partial charge is 0.363 e. The first-order valence-corrected chi connectivity index (χ1v) is 5.96. The quantitative estimate of drug-likeness (QED) is 0.694. The third-order valence-electron chi connectivity index (χ3n) is 2.84. The van der Waals surface area contributed by atoms with Gasteiger partial charge in [-0.25, -0.2) is 14.5 Å². The van der Waals surface area contributed by atoms with Crippen molar-refractivity contribution in [2.45, 2.75) is 6.92 Å². The molecule has 0 aliphatic heterocycles. The van der Waals surface area contributed by atoms with Crippen LogP contribution < -0.4 is 4.90 Å². The zero-order valence-corrected chi connectivity index (χ0v) is 11.1. The molecule has 3 aromatic heterocycles. The van der Waals surface area contributed by atoms with Gasteiger partial charge in [0.05, 0.1) is 0 Å². The Morgan fingerprint density at radius 1 is 1.05 bits per heavy atom. The molecule has 0 atom stereocenters. The molecule has 96 valence electrons. The summed E-state index contributed by atoms with van der Waals surface area (Å²) in [5, 5.41) is 4.26. The molecule has 3 rings (SSSR count). The molecular formula is C13H14N6. The number of aromatic nitrogens is 5. The van der Waals surface area contributed by atoms with Crippen molar-refractivity contribution in [2.75, 3.05) is 19.0 Å². The average molecular weight is 254 g/mol. The molecule has 6 heteroatoms. The Morgan fingerprint density at radius 2 is 1.84 bits per heavy atom. The van der Waals surface area contributed by atoms with E-state index in [0.29, 0.717) is 11.6 Å². The van der Waals surface area contributed by atoms with Crippen molar-refractivity contribution >= 4 is 11.6 Å². The van der Waals surface area contributed by atoms with Gasteiger partial charge in [0.2, 0.25) is 0 Å². The highest BCUT2D eigenvalue weighted by molar-refractivity contribution is 5.62. The van der Waals surface area contributed by atoms with Crippen molar-refractivity contribution in [3.8, 4) is 11.1 Å². The maximum absolute atomic E-state index is 4.39. The van der Waals surface area contributed by atoms with Crippen LogP contribution in [0, 0.1) is 6.92 Å². The summed E-state index contributed by atoms with van der Waals surface area (Å²) in [7, 11) is 3.93. The first-order valence-electron chi connectivity index (χ1n) is 5.96. The molecule has 0 aliphatic carbocycles. The predicted octanol–water partition coefficient (Wildman–Crippen LogP) is 1.56. The van der Waals surface area contributed by atoms with Crippen LogP contribution in [-0.4, -0.2) is 38.7 Å². The van der Waals surface area contributed by atoms with Crippen molar-refractivity contribution < 1.29 is 0 Å². The van der Waals surface area contributed by atoms with E-state index >= 15 is 0 Å². The minimum absolute atomic E-state index is 0.610. The predicted molar refractivity (Wildman–Crippen MR) is 73.1 cm³/mol. The highest BCUT2D eigenvalue weighted by atomic mass is 15.3. The zero-order valence-electron chi connectivity index (χ0n) is 11.1. The van der Waals surface area contributed by atoms with E-state index in [1.165, 1.54) is 0 Å². The summed E-state index contributed by atoms with van der Waals surface area (Å²) in [6.07, 6.45) is 5.53. The van der Waals surface area contributed by atoms with Crippen molar-refractivity contribution in [1.29, 1.82) is 0 Å². The standard InChI is InChI=1S/C13H14N6/c1-9-16-13-15-7-11(8-19(13)17-9)10-4-5-12(14-6-10)18(2)3/h4-8H,1-3H3. The Balaban J connectivity index is 2.03. The van der Waals surface area contributed by atoms with Crippen LogP contribution in [0.2, 0.25) is 0 Å². The van der Waals surface area contributed by atoms with Gasteiger partial charge in [0.1, 0.15) is 11.6 Å². The van der Waals surface area contributed by atoms with E-state index in [9.17, 15) is 0 Å². The van der Waals surface area contributed by atoms with Crippen molar-refractivity contribution in [3.05, 3.63) is 36.5 Å². The van der Waals surface area contributed by atoms with Gasteiger partial charge >= 0.3 is 0 Å². The summed E-state index contributed by atoms with van der Waals surface area (Å²) in [5.41, 5.74) is 1.98. The number of aryl methyl sites for hydroxylation is 1. The van der Waals surface area contributed by atoms with Crippen LogP contribution in [0.3, 0.4) is 0 Å². The third kappa shape index (κ3) is 2.12. The van der Waals surface area contributed by atoms with Crippen LogP contribution in [-0.2, 0) is 0 Å². The van der Waals surface area contributed by atoms with Crippen molar-refractivity contribution in [3.63, 3.8) is 0 Å². The minimum atomic E-state index is 0.610. The molecule has 3 heterocycles. The molecule has 0 saturated heterocycles. The molecule has 0 spiro atoms. The fraction of sp³-hybridized carbons (Fsp3) is 0.231. The topological polar surface area (TPSA) is 59.2 Å².